The molecule has 0 unspecified atom stereocenters. The number of alkyl halides is 3. The van der Waals surface area contributed by atoms with Crippen molar-refractivity contribution in [3.63, 3.8) is 0 Å². The monoisotopic (exact) mass is 435 g/mol. The summed E-state index contributed by atoms with van der Waals surface area (Å²) < 4.78 is 93.0. The van der Waals surface area contributed by atoms with Crippen LogP contribution in [0.3, 0.4) is 0 Å². The van der Waals surface area contributed by atoms with Gasteiger partial charge in [-0.2, -0.15) is 13.2 Å². The molecular weight excluding hydrogens is 425 g/mol. The van der Waals surface area contributed by atoms with E-state index < -0.39 is 52.0 Å². The quantitative estimate of drug-likeness (QED) is 0.680. The molecule has 0 amide bonds. The van der Waals surface area contributed by atoms with Crippen molar-refractivity contribution in [2.75, 3.05) is 6.61 Å². The number of rotatable bonds is 6. The molecule has 0 aliphatic heterocycles. The van der Waals surface area contributed by atoms with Crippen molar-refractivity contribution in [2.45, 2.75) is 22.3 Å². The van der Waals surface area contributed by atoms with E-state index in [1.165, 1.54) is 6.07 Å². The predicted octanol–water partition coefficient (Wildman–Crippen LogP) is 3.67. The lowest BCUT2D eigenvalue weighted by Crippen LogP contribution is -2.46. The Morgan fingerprint density at radius 2 is 1.73 bits per heavy atom. The van der Waals surface area contributed by atoms with Crippen molar-refractivity contribution in [2.24, 2.45) is 0 Å². The summed E-state index contributed by atoms with van der Waals surface area (Å²) in [5, 5.41) is 9.34. The Morgan fingerprint density at radius 3 is 2.15 bits per heavy atom. The minimum absolute atomic E-state index is 0.0884. The van der Waals surface area contributed by atoms with Crippen LogP contribution >= 0.6 is 22.9 Å². The summed E-state index contributed by atoms with van der Waals surface area (Å²) in [6.07, 6.45) is -5.09. The van der Waals surface area contributed by atoms with Crippen LogP contribution < -0.4 is 4.72 Å². The van der Waals surface area contributed by atoms with Crippen LogP contribution in [0, 0.1) is 11.6 Å². The minimum atomic E-state index is -5.09. The summed E-state index contributed by atoms with van der Waals surface area (Å²) in [5.74, 6) is -5.21. The van der Waals surface area contributed by atoms with Crippen LogP contribution in [0.1, 0.15) is 11.5 Å². The molecule has 1 aromatic carbocycles. The predicted molar refractivity (Wildman–Crippen MR) is 85.7 cm³/mol. The summed E-state index contributed by atoms with van der Waals surface area (Å²) in [4.78, 5) is 0. The van der Waals surface area contributed by atoms with Crippen LogP contribution in [0.2, 0.25) is 4.34 Å². The van der Waals surface area contributed by atoms with Gasteiger partial charge in [0.2, 0.25) is 10.0 Å². The van der Waals surface area contributed by atoms with Crippen LogP contribution in [0.25, 0.3) is 0 Å². The lowest BCUT2D eigenvalue weighted by atomic mass is 9.91. The van der Waals surface area contributed by atoms with E-state index >= 15 is 0 Å². The molecule has 4 nitrogen and oxygen atoms in total. The SMILES string of the molecule is O=S(=O)(N[C@@H](CO)[C@@H](c1cc(F)cc(F)c1)C(F)(F)F)c1ccc(Cl)s1. The number of hydrogen-bond donors (Lipinski definition) is 2. The lowest BCUT2D eigenvalue weighted by Gasteiger charge is -2.28. The summed E-state index contributed by atoms with van der Waals surface area (Å²) in [6, 6.07) is 1.44. The first-order chi connectivity index (χ1) is 11.9. The van der Waals surface area contributed by atoms with Crippen LogP contribution in [0.4, 0.5) is 22.0 Å². The first kappa shape index (κ1) is 21.0. The Balaban J connectivity index is 2.45. The van der Waals surface area contributed by atoms with Crippen molar-refractivity contribution < 1.29 is 35.5 Å². The third kappa shape index (κ3) is 4.92. The number of sulfonamides is 1. The highest BCUT2D eigenvalue weighted by Crippen LogP contribution is 2.38. The minimum Gasteiger partial charge on any atom is -0.395 e. The Hall–Kier alpha value is -1.27. The fourth-order valence-corrected chi connectivity index (χ4v) is 5.05. The molecule has 26 heavy (non-hydrogen) atoms. The molecule has 0 saturated heterocycles. The van der Waals surface area contributed by atoms with Crippen LogP contribution in [-0.4, -0.2) is 32.3 Å². The van der Waals surface area contributed by atoms with Gasteiger partial charge in [-0.15, -0.1) is 11.3 Å². The molecule has 2 aromatic rings. The summed E-state index contributed by atoms with van der Waals surface area (Å²) in [7, 11) is -4.45. The maximum atomic E-state index is 13.5. The molecule has 144 valence electrons. The maximum Gasteiger partial charge on any atom is 0.397 e. The Kier molecular flexibility index (Phi) is 6.28. The van der Waals surface area contributed by atoms with E-state index in [-0.39, 0.29) is 8.55 Å². The number of benzene rings is 1. The molecule has 0 spiro atoms. The van der Waals surface area contributed by atoms with Gasteiger partial charge >= 0.3 is 6.18 Å². The maximum absolute atomic E-state index is 13.5. The molecular formula is C14H11ClF5NO3S2. The smallest absolute Gasteiger partial charge is 0.395 e. The van der Waals surface area contributed by atoms with Gasteiger partial charge in [0.25, 0.3) is 0 Å². The molecule has 0 aliphatic rings. The Labute approximate surface area is 154 Å². The largest absolute Gasteiger partial charge is 0.397 e. The molecule has 0 saturated carbocycles. The first-order valence-electron chi connectivity index (χ1n) is 6.85. The molecule has 1 aromatic heterocycles. The second-order valence-corrected chi connectivity index (χ2v) is 8.85. The molecule has 0 bridgehead atoms. The number of aliphatic hydroxyl groups excluding tert-OH is 1. The van der Waals surface area contributed by atoms with Gasteiger partial charge < -0.3 is 5.11 Å². The number of aliphatic hydroxyl groups is 1. The number of halogens is 6. The molecule has 2 rings (SSSR count). The highest BCUT2D eigenvalue weighted by molar-refractivity contribution is 7.91. The Bertz CT molecular complexity index is 865. The zero-order valence-corrected chi connectivity index (χ0v) is 15.0. The van der Waals surface area contributed by atoms with E-state index in [0.29, 0.717) is 29.5 Å². The first-order valence-corrected chi connectivity index (χ1v) is 9.53. The van der Waals surface area contributed by atoms with E-state index in [1.807, 2.05) is 0 Å². The lowest BCUT2D eigenvalue weighted by molar-refractivity contribution is -0.158. The zero-order chi connectivity index (χ0) is 19.7. The van der Waals surface area contributed by atoms with E-state index in [9.17, 15) is 35.5 Å². The van der Waals surface area contributed by atoms with Gasteiger partial charge in [-0.05, 0) is 29.8 Å². The molecule has 2 atom stereocenters. The van der Waals surface area contributed by atoms with Crippen LogP contribution in [0.5, 0.6) is 0 Å². The average Bonchev–Trinajstić information content (AvgIpc) is 2.91. The molecule has 0 radical (unpaired) electrons. The van der Waals surface area contributed by atoms with Gasteiger partial charge in [-0.1, -0.05) is 11.6 Å². The highest BCUT2D eigenvalue weighted by Gasteiger charge is 2.47. The van der Waals surface area contributed by atoms with Crippen LogP contribution in [0.15, 0.2) is 34.5 Å². The van der Waals surface area contributed by atoms with Gasteiger partial charge in [0.15, 0.2) is 0 Å². The van der Waals surface area contributed by atoms with Crippen molar-refractivity contribution in [3.8, 4) is 0 Å². The number of thiophene rings is 1. The van der Waals surface area contributed by atoms with Gasteiger partial charge in [-0.25, -0.2) is 21.9 Å². The van der Waals surface area contributed by atoms with Crippen molar-refractivity contribution in [3.05, 3.63) is 51.9 Å². The van der Waals surface area contributed by atoms with Crippen molar-refractivity contribution >= 4 is 33.0 Å². The van der Waals surface area contributed by atoms with E-state index in [0.717, 1.165) is 6.07 Å². The second kappa shape index (κ2) is 7.77. The normalized spacial score (nSPS) is 15.0. The molecule has 0 aliphatic carbocycles. The van der Waals surface area contributed by atoms with E-state index in [2.05, 4.69) is 0 Å². The van der Waals surface area contributed by atoms with Gasteiger partial charge in [-0.3, -0.25) is 0 Å². The molecule has 0 fully saturated rings. The summed E-state index contributed by atoms with van der Waals surface area (Å²) in [6.45, 7) is -1.26. The van der Waals surface area contributed by atoms with Crippen molar-refractivity contribution in [1.29, 1.82) is 0 Å². The summed E-state index contributed by atoms with van der Waals surface area (Å²) in [5.41, 5.74) is -0.860. The molecule has 1 heterocycles. The standard InChI is InChI=1S/C14H11ClF5NO3S2/c15-11-1-2-12(25-11)26(23,24)21-10(6-22)13(14(18,19)20)7-3-8(16)5-9(17)4-7/h1-5,10,13,21-22H,6H2/t10-,13+/m0/s1. The number of hydrogen-bond acceptors (Lipinski definition) is 4. The van der Waals surface area contributed by atoms with E-state index in [1.54, 1.807) is 4.72 Å². The van der Waals surface area contributed by atoms with Crippen molar-refractivity contribution in [1.82, 2.24) is 4.72 Å². The van der Waals surface area contributed by atoms with Gasteiger partial charge in [0.1, 0.15) is 15.8 Å². The molecule has 12 heteroatoms. The van der Waals surface area contributed by atoms with Gasteiger partial charge in [0, 0.05) is 6.07 Å². The van der Waals surface area contributed by atoms with Crippen LogP contribution in [-0.2, 0) is 10.0 Å². The number of nitrogens with one attached hydrogen (secondary N) is 1. The highest BCUT2D eigenvalue weighted by atomic mass is 35.5. The topological polar surface area (TPSA) is 66.4 Å². The zero-order valence-electron chi connectivity index (χ0n) is 12.6. The fourth-order valence-electron chi connectivity index (χ4n) is 2.31. The molecule has 2 N–H and O–H groups in total. The fraction of sp³-hybridized carbons (Fsp3) is 0.286. The third-order valence-corrected chi connectivity index (χ3v) is 6.53. The Morgan fingerprint density at radius 1 is 1.15 bits per heavy atom. The average molecular weight is 436 g/mol. The van der Waals surface area contributed by atoms with E-state index in [4.69, 9.17) is 11.6 Å². The third-order valence-electron chi connectivity index (χ3n) is 3.32. The summed E-state index contributed by atoms with van der Waals surface area (Å²) >= 11 is 6.22. The van der Waals surface area contributed by atoms with Gasteiger partial charge in [0.05, 0.1) is 22.9 Å². The second-order valence-electron chi connectivity index (χ2n) is 5.19.